The second kappa shape index (κ2) is 9.54. The lowest BCUT2D eigenvalue weighted by Crippen LogP contribution is -2.43. The third-order valence-corrected chi connectivity index (χ3v) is 6.54. The average Bonchev–Trinajstić information content (AvgIpc) is 2.76. The van der Waals surface area contributed by atoms with Crippen LogP contribution in [0.1, 0.15) is 12.0 Å². The minimum Gasteiger partial charge on any atom is -0.467 e. The molecule has 3 rings (SSSR count). The highest BCUT2D eigenvalue weighted by molar-refractivity contribution is 7.91. The summed E-state index contributed by atoms with van der Waals surface area (Å²) in [6, 6.07) is 20.5. The minimum atomic E-state index is -3.58. The fraction of sp³-hybridized carbons (Fsp3) is 0.217. The van der Waals surface area contributed by atoms with Gasteiger partial charge >= 0.3 is 5.97 Å². The summed E-state index contributed by atoms with van der Waals surface area (Å²) < 4.78 is 29.7. The summed E-state index contributed by atoms with van der Waals surface area (Å²) in [5.41, 5.74) is 0.798. The fourth-order valence-electron chi connectivity index (χ4n) is 3.19. The Morgan fingerprint density at radius 2 is 1.60 bits per heavy atom. The molecular weight excluding hydrogens is 402 g/mol. The molecule has 0 heterocycles. The molecule has 0 spiro atoms. The van der Waals surface area contributed by atoms with Gasteiger partial charge in [0.05, 0.1) is 24.2 Å². The molecule has 0 radical (unpaired) electrons. The summed E-state index contributed by atoms with van der Waals surface area (Å²) in [6.07, 6.45) is -0.00285. The molecule has 0 saturated carbocycles. The molecule has 0 unspecified atom stereocenters. The highest BCUT2D eigenvalue weighted by atomic mass is 32.2. The van der Waals surface area contributed by atoms with Crippen molar-refractivity contribution in [1.29, 1.82) is 0 Å². The normalized spacial score (nSPS) is 12.3. The largest absolute Gasteiger partial charge is 0.467 e. The van der Waals surface area contributed by atoms with Gasteiger partial charge in [-0.05, 0) is 34.9 Å². The number of rotatable bonds is 8. The van der Waals surface area contributed by atoms with E-state index in [1.807, 2.05) is 42.5 Å². The van der Waals surface area contributed by atoms with E-state index in [1.54, 1.807) is 18.2 Å². The lowest BCUT2D eigenvalue weighted by Gasteiger charge is -2.17. The third-order valence-electron chi connectivity index (χ3n) is 4.78. The first-order valence-electron chi connectivity index (χ1n) is 9.52. The molecule has 1 N–H and O–H groups in total. The molecule has 3 aromatic rings. The van der Waals surface area contributed by atoms with Gasteiger partial charge < -0.3 is 10.1 Å². The molecule has 7 heteroatoms. The van der Waals surface area contributed by atoms with E-state index in [1.165, 1.54) is 19.2 Å². The van der Waals surface area contributed by atoms with E-state index < -0.39 is 21.8 Å². The zero-order chi connectivity index (χ0) is 21.6. The van der Waals surface area contributed by atoms with Crippen molar-refractivity contribution in [3.05, 3.63) is 78.4 Å². The van der Waals surface area contributed by atoms with Crippen LogP contribution in [0.4, 0.5) is 0 Å². The van der Waals surface area contributed by atoms with Gasteiger partial charge in [0.15, 0.2) is 9.84 Å². The Hall–Kier alpha value is -3.19. The summed E-state index contributed by atoms with van der Waals surface area (Å²) >= 11 is 0. The van der Waals surface area contributed by atoms with E-state index in [4.69, 9.17) is 4.74 Å². The van der Waals surface area contributed by atoms with E-state index in [-0.39, 0.29) is 29.4 Å². The number of amides is 1. The number of nitrogens with one attached hydrogen (secondary N) is 1. The average molecular weight is 426 g/mol. The number of hydrogen-bond acceptors (Lipinski definition) is 5. The van der Waals surface area contributed by atoms with E-state index in [0.717, 1.165) is 16.3 Å². The molecule has 0 aliphatic heterocycles. The van der Waals surface area contributed by atoms with Gasteiger partial charge in [0.2, 0.25) is 5.91 Å². The van der Waals surface area contributed by atoms with Crippen LogP contribution in [0.2, 0.25) is 0 Å². The van der Waals surface area contributed by atoms with Gasteiger partial charge in [0, 0.05) is 0 Å². The molecule has 1 atom stereocenters. The number of fused-ring (bicyclic) bond motifs is 1. The second-order valence-corrected chi connectivity index (χ2v) is 9.03. The summed E-state index contributed by atoms with van der Waals surface area (Å²) in [4.78, 5) is 24.8. The number of sulfone groups is 1. The van der Waals surface area contributed by atoms with Gasteiger partial charge in [0.25, 0.3) is 0 Å². The van der Waals surface area contributed by atoms with Crippen LogP contribution < -0.4 is 5.32 Å². The quantitative estimate of drug-likeness (QED) is 0.561. The third kappa shape index (κ3) is 5.45. The fourth-order valence-corrected chi connectivity index (χ4v) is 4.54. The van der Waals surface area contributed by atoms with E-state index in [9.17, 15) is 18.0 Å². The Kier molecular flexibility index (Phi) is 6.84. The number of esters is 1. The van der Waals surface area contributed by atoms with Crippen molar-refractivity contribution in [2.24, 2.45) is 0 Å². The van der Waals surface area contributed by atoms with E-state index >= 15 is 0 Å². The standard InChI is InChI=1S/C23H23NO5S/c1-29-23(26)21(13-14-30(27,28)20-9-3-2-4-10-20)24-22(25)16-17-11-12-18-7-5-6-8-19(18)15-17/h2-12,15,21H,13-14,16H2,1H3,(H,24,25)/t21-/m0/s1. The van der Waals surface area contributed by atoms with Gasteiger partial charge in [-0.15, -0.1) is 0 Å². The molecular formula is C23H23NO5S. The number of carbonyl (C=O) groups is 2. The highest BCUT2D eigenvalue weighted by Gasteiger charge is 2.25. The van der Waals surface area contributed by atoms with Crippen molar-refractivity contribution in [3.63, 3.8) is 0 Å². The van der Waals surface area contributed by atoms with Crippen LogP contribution in [-0.4, -0.2) is 39.2 Å². The predicted molar refractivity (Wildman–Crippen MR) is 115 cm³/mol. The number of ether oxygens (including phenoxy) is 1. The van der Waals surface area contributed by atoms with Gasteiger partial charge in [-0.1, -0.05) is 60.7 Å². The van der Waals surface area contributed by atoms with Crippen molar-refractivity contribution in [2.75, 3.05) is 12.9 Å². The zero-order valence-corrected chi connectivity index (χ0v) is 17.4. The van der Waals surface area contributed by atoms with Crippen LogP contribution in [0, 0.1) is 0 Å². The number of benzene rings is 3. The molecule has 0 bridgehead atoms. The van der Waals surface area contributed by atoms with Crippen LogP contribution in [-0.2, 0) is 30.6 Å². The van der Waals surface area contributed by atoms with E-state index in [2.05, 4.69) is 5.32 Å². The number of methoxy groups -OCH3 is 1. The van der Waals surface area contributed by atoms with Gasteiger partial charge in [-0.25, -0.2) is 13.2 Å². The van der Waals surface area contributed by atoms with Crippen molar-refractivity contribution in [2.45, 2.75) is 23.8 Å². The van der Waals surface area contributed by atoms with Gasteiger partial charge in [-0.3, -0.25) is 4.79 Å². The summed E-state index contributed by atoms with van der Waals surface area (Å²) in [5, 5.41) is 4.70. The second-order valence-electron chi connectivity index (χ2n) is 6.92. The smallest absolute Gasteiger partial charge is 0.328 e. The first-order valence-corrected chi connectivity index (χ1v) is 11.2. The monoisotopic (exact) mass is 425 g/mol. The van der Waals surface area contributed by atoms with E-state index in [0.29, 0.717) is 0 Å². The molecule has 0 aromatic heterocycles. The van der Waals surface area contributed by atoms with Gasteiger partial charge in [-0.2, -0.15) is 0 Å². The predicted octanol–water partition coefficient (Wildman–Crippen LogP) is 2.90. The molecule has 0 aliphatic carbocycles. The maximum Gasteiger partial charge on any atom is 0.328 e. The van der Waals surface area contributed by atoms with Crippen LogP contribution >= 0.6 is 0 Å². The van der Waals surface area contributed by atoms with Crippen molar-refractivity contribution >= 4 is 32.5 Å². The zero-order valence-electron chi connectivity index (χ0n) is 16.6. The molecule has 6 nitrogen and oxygen atoms in total. The molecule has 3 aromatic carbocycles. The summed E-state index contributed by atoms with van der Waals surface area (Å²) in [5.74, 6) is -1.34. The topological polar surface area (TPSA) is 89.5 Å². The minimum absolute atomic E-state index is 0.0732. The maximum absolute atomic E-state index is 12.5. The molecule has 0 saturated heterocycles. The Morgan fingerprint density at radius 3 is 2.30 bits per heavy atom. The summed E-state index contributed by atoms with van der Waals surface area (Å²) in [7, 11) is -2.37. The van der Waals surface area contributed by atoms with Crippen molar-refractivity contribution in [1.82, 2.24) is 5.32 Å². The summed E-state index contributed by atoms with van der Waals surface area (Å²) in [6.45, 7) is 0. The molecule has 1 amide bonds. The Morgan fingerprint density at radius 1 is 0.933 bits per heavy atom. The van der Waals surface area contributed by atoms with Crippen LogP contribution in [0.15, 0.2) is 77.7 Å². The highest BCUT2D eigenvalue weighted by Crippen LogP contribution is 2.16. The maximum atomic E-state index is 12.5. The van der Waals surface area contributed by atoms with Crippen LogP contribution in [0.5, 0.6) is 0 Å². The van der Waals surface area contributed by atoms with Crippen molar-refractivity contribution < 1.29 is 22.7 Å². The van der Waals surface area contributed by atoms with Crippen LogP contribution in [0.25, 0.3) is 10.8 Å². The SMILES string of the molecule is COC(=O)[C@H](CCS(=O)(=O)c1ccccc1)NC(=O)Cc1ccc2ccccc2c1. The van der Waals surface area contributed by atoms with Gasteiger partial charge in [0.1, 0.15) is 6.04 Å². The first kappa shape index (κ1) is 21.5. The molecule has 156 valence electrons. The molecule has 0 aliphatic rings. The lowest BCUT2D eigenvalue weighted by atomic mass is 10.0. The molecule has 0 fully saturated rings. The first-order chi connectivity index (χ1) is 14.4. The number of hydrogen-bond donors (Lipinski definition) is 1. The number of carbonyl (C=O) groups excluding carboxylic acids is 2. The van der Waals surface area contributed by atoms with Crippen molar-refractivity contribution in [3.8, 4) is 0 Å². The Labute approximate surface area is 175 Å². The Bertz CT molecular complexity index is 1140. The Balaban J connectivity index is 1.66. The lowest BCUT2D eigenvalue weighted by molar-refractivity contribution is -0.145. The molecule has 30 heavy (non-hydrogen) atoms. The van der Waals surface area contributed by atoms with Crippen LogP contribution in [0.3, 0.4) is 0 Å².